The van der Waals surface area contributed by atoms with Crippen molar-refractivity contribution in [1.29, 1.82) is 0 Å². The van der Waals surface area contributed by atoms with Gasteiger partial charge in [0.25, 0.3) is 0 Å². The number of anilines is 1. The van der Waals surface area contributed by atoms with Gasteiger partial charge in [0.05, 0.1) is 24.7 Å². The maximum absolute atomic E-state index is 11.9. The minimum absolute atomic E-state index is 0.104. The first-order valence-corrected chi connectivity index (χ1v) is 9.49. The average molecular weight is 394 g/mol. The summed E-state index contributed by atoms with van der Waals surface area (Å²) in [6, 6.07) is 7.19. The summed E-state index contributed by atoms with van der Waals surface area (Å²) in [4.78, 5) is 27.2. The monoisotopic (exact) mass is 394 g/mol. The van der Waals surface area contributed by atoms with Crippen LogP contribution in [0.2, 0.25) is 0 Å². The Morgan fingerprint density at radius 1 is 1.33 bits per heavy atom. The average Bonchev–Trinajstić information content (AvgIpc) is 2.58. The molecule has 0 radical (unpaired) electrons. The molecule has 0 saturated carbocycles. The number of rotatable bonds is 6. The Balaban J connectivity index is 2.29. The Morgan fingerprint density at radius 3 is 2.48 bits per heavy atom. The third-order valence-electron chi connectivity index (χ3n) is 3.47. The van der Waals surface area contributed by atoms with E-state index >= 15 is 0 Å². The first kappa shape index (κ1) is 20.2. The van der Waals surface area contributed by atoms with Crippen LogP contribution >= 0.6 is 0 Å². The van der Waals surface area contributed by atoms with Gasteiger partial charge in [0.15, 0.2) is 0 Å². The molecule has 10 heteroatoms. The number of sulfonamides is 1. The van der Waals surface area contributed by atoms with Gasteiger partial charge < -0.3 is 14.3 Å². The van der Waals surface area contributed by atoms with E-state index in [9.17, 15) is 23.1 Å². The highest BCUT2D eigenvalue weighted by molar-refractivity contribution is 7.92. The van der Waals surface area contributed by atoms with E-state index in [1.807, 2.05) is 0 Å². The summed E-state index contributed by atoms with van der Waals surface area (Å²) in [6.45, 7) is 1.07. The molecule has 0 amide bonds. The van der Waals surface area contributed by atoms with Gasteiger partial charge in [-0.25, -0.2) is 13.2 Å². The molecule has 1 aromatic heterocycles. The van der Waals surface area contributed by atoms with Gasteiger partial charge in [-0.15, -0.1) is 0 Å². The predicted molar refractivity (Wildman–Crippen MR) is 99.3 cm³/mol. The van der Waals surface area contributed by atoms with Crippen LogP contribution in [-0.2, 0) is 19.6 Å². The van der Waals surface area contributed by atoms with Crippen molar-refractivity contribution >= 4 is 33.6 Å². The zero-order valence-electron chi connectivity index (χ0n) is 14.9. The smallest absolute Gasteiger partial charge is 0.348 e. The topological polar surface area (TPSA) is 126 Å². The van der Waals surface area contributed by atoms with Crippen molar-refractivity contribution in [2.75, 3.05) is 24.2 Å². The Morgan fingerprint density at radius 2 is 1.96 bits per heavy atom. The van der Waals surface area contributed by atoms with Crippen molar-refractivity contribution < 1.29 is 27.5 Å². The SMILES string of the molecule is COC(=O)CN(c1ccc(N=Cc2c(O)cc(C)oc2=O)cc1)S(C)(=O)=O. The number of hydrogen-bond donors (Lipinski definition) is 1. The number of hydrogen-bond acceptors (Lipinski definition) is 8. The van der Waals surface area contributed by atoms with Crippen LogP contribution in [0, 0.1) is 6.92 Å². The lowest BCUT2D eigenvalue weighted by atomic mass is 10.2. The third-order valence-corrected chi connectivity index (χ3v) is 4.61. The molecule has 0 bridgehead atoms. The maximum atomic E-state index is 11.9. The molecule has 2 rings (SSSR count). The number of esters is 1. The van der Waals surface area contributed by atoms with Gasteiger partial charge in [-0.3, -0.25) is 14.1 Å². The van der Waals surface area contributed by atoms with Crippen LogP contribution in [0.1, 0.15) is 11.3 Å². The number of aromatic hydroxyl groups is 1. The van der Waals surface area contributed by atoms with E-state index in [4.69, 9.17) is 4.42 Å². The Hall–Kier alpha value is -3.14. The van der Waals surface area contributed by atoms with Crippen molar-refractivity contribution in [2.24, 2.45) is 4.99 Å². The van der Waals surface area contributed by atoms with Crippen LogP contribution < -0.4 is 9.93 Å². The fraction of sp³-hybridized carbons (Fsp3) is 0.235. The molecular formula is C17H18N2O7S. The van der Waals surface area contributed by atoms with E-state index < -0.39 is 28.2 Å². The van der Waals surface area contributed by atoms with Crippen molar-refractivity contribution in [3.8, 4) is 5.75 Å². The minimum atomic E-state index is -3.70. The van der Waals surface area contributed by atoms with Gasteiger partial charge in [0.2, 0.25) is 10.0 Å². The summed E-state index contributed by atoms with van der Waals surface area (Å²) >= 11 is 0. The van der Waals surface area contributed by atoms with Crippen LogP contribution in [0.3, 0.4) is 0 Å². The fourth-order valence-corrected chi connectivity index (χ4v) is 2.99. The normalized spacial score (nSPS) is 11.5. The molecule has 0 saturated heterocycles. The summed E-state index contributed by atoms with van der Waals surface area (Å²) in [5.74, 6) is -0.694. The highest BCUT2D eigenvalue weighted by Crippen LogP contribution is 2.22. The van der Waals surface area contributed by atoms with E-state index in [1.54, 1.807) is 0 Å². The molecule has 0 aliphatic rings. The first-order chi connectivity index (χ1) is 12.6. The van der Waals surface area contributed by atoms with Crippen LogP contribution in [0.4, 0.5) is 11.4 Å². The molecule has 1 aromatic carbocycles. The summed E-state index contributed by atoms with van der Waals surface area (Å²) in [5, 5.41) is 9.80. The molecule has 9 nitrogen and oxygen atoms in total. The van der Waals surface area contributed by atoms with E-state index in [-0.39, 0.29) is 22.8 Å². The maximum Gasteiger partial charge on any atom is 0.348 e. The van der Waals surface area contributed by atoms with Crippen molar-refractivity contribution in [1.82, 2.24) is 0 Å². The molecule has 1 N–H and O–H groups in total. The van der Waals surface area contributed by atoms with Crippen molar-refractivity contribution in [3.63, 3.8) is 0 Å². The zero-order chi connectivity index (χ0) is 20.2. The van der Waals surface area contributed by atoms with Gasteiger partial charge in [-0.05, 0) is 31.2 Å². The first-order valence-electron chi connectivity index (χ1n) is 7.64. The van der Waals surface area contributed by atoms with E-state index in [0.717, 1.165) is 23.9 Å². The van der Waals surface area contributed by atoms with Crippen LogP contribution in [0.25, 0.3) is 0 Å². The molecule has 2 aromatic rings. The molecule has 1 heterocycles. The number of aliphatic imine (C=N–C) groups is 1. The van der Waals surface area contributed by atoms with Crippen LogP contribution in [-0.4, -0.2) is 45.6 Å². The third kappa shape index (κ3) is 5.17. The second kappa shape index (κ2) is 8.04. The Bertz CT molecular complexity index is 1020. The quantitative estimate of drug-likeness (QED) is 0.579. The summed E-state index contributed by atoms with van der Waals surface area (Å²) in [6.07, 6.45) is 2.12. The van der Waals surface area contributed by atoms with E-state index in [2.05, 4.69) is 9.73 Å². The number of methoxy groups -OCH3 is 1. The number of carbonyl (C=O) groups is 1. The molecular weight excluding hydrogens is 376 g/mol. The highest BCUT2D eigenvalue weighted by atomic mass is 32.2. The molecule has 0 spiro atoms. The number of ether oxygens (including phenoxy) is 1. The molecule has 0 unspecified atom stereocenters. The van der Waals surface area contributed by atoms with Gasteiger partial charge in [-0.2, -0.15) is 0 Å². The fourth-order valence-electron chi connectivity index (χ4n) is 2.15. The second-order valence-electron chi connectivity index (χ2n) is 5.56. The largest absolute Gasteiger partial charge is 0.507 e. The summed E-state index contributed by atoms with van der Waals surface area (Å²) in [7, 11) is -2.53. The summed E-state index contributed by atoms with van der Waals surface area (Å²) < 4.78 is 34.1. The van der Waals surface area contributed by atoms with Crippen LogP contribution in [0.15, 0.2) is 44.5 Å². The summed E-state index contributed by atoms with van der Waals surface area (Å²) in [5.41, 5.74) is -0.188. The van der Waals surface area contributed by atoms with Crippen molar-refractivity contribution in [3.05, 3.63) is 52.1 Å². The van der Waals surface area contributed by atoms with Crippen LogP contribution in [0.5, 0.6) is 5.75 Å². The highest BCUT2D eigenvalue weighted by Gasteiger charge is 2.21. The molecule has 27 heavy (non-hydrogen) atoms. The lowest BCUT2D eigenvalue weighted by molar-refractivity contribution is -0.138. The minimum Gasteiger partial charge on any atom is -0.507 e. The van der Waals surface area contributed by atoms with Gasteiger partial charge in [0.1, 0.15) is 23.6 Å². The standard InChI is InChI=1S/C17H18N2O7S/c1-11-8-15(20)14(17(22)26-11)9-18-12-4-6-13(7-5-12)19(27(3,23)24)10-16(21)25-2/h4-9,20H,10H2,1-3H3. The van der Waals surface area contributed by atoms with Crippen molar-refractivity contribution in [2.45, 2.75) is 6.92 Å². The van der Waals surface area contributed by atoms with Gasteiger partial charge in [0, 0.05) is 12.3 Å². The molecule has 0 atom stereocenters. The predicted octanol–water partition coefficient (Wildman–Crippen LogP) is 1.34. The Labute approximate surface area is 155 Å². The molecule has 0 fully saturated rings. The molecule has 0 aliphatic carbocycles. The zero-order valence-corrected chi connectivity index (χ0v) is 15.7. The molecule has 0 aliphatic heterocycles. The second-order valence-corrected chi connectivity index (χ2v) is 7.47. The number of aryl methyl sites for hydroxylation is 1. The van der Waals surface area contributed by atoms with E-state index in [0.29, 0.717) is 5.69 Å². The number of nitrogens with zero attached hydrogens (tertiary/aromatic N) is 2. The van der Waals surface area contributed by atoms with Gasteiger partial charge in [-0.1, -0.05) is 0 Å². The number of carbonyl (C=O) groups excluding carboxylic acids is 1. The van der Waals surface area contributed by atoms with E-state index in [1.165, 1.54) is 37.3 Å². The lowest BCUT2D eigenvalue weighted by Gasteiger charge is -2.20. The van der Waals surface area contributed by atoms with Gasteiger partial charge >= 0.3 is 11.6 Å². The number of benzene rings is 1. The lowest BCUT2D eigenvalue weighted by Crippen LogP contribution is -2.35. The Kier molecular flexibility index (Phi) is 6.01. The molecule has 144 valence electrons.